The van der Waals surface area contributed by atoms with Crippen molar-refractivity contribution in [3.8, 4) is 0 Å². The molecule has 0 spiro atoms. The van der Waals surface area contributed by atoms with Crippen LogP contribution in [0.15, 0.2) is 12.1 Å². The van der Waals surface area contributed by atoms with E-state index in [4.69, 9.17) is 5.73 Å². The lowest BCUT2D eigenvalue weighted by molar-refractivity contribution is 0.100. The number of nitrogens with one attached hydrogen (secondary N) is 3. The first-order valence-corrected chi connectivity index (χ1v) is 10.3. The summed E-state index contributed by atoms with van der Waals surface area (Å²) in [5.74, 6) is -0.668. The van der Waals surface area contributed by atoms with Crippen molar-refractivity contribution in [3.63, 3.8) is 0 Å². The Balaban J connectivity index is 2.75. The Bertz CT molecular complexity index is 996. The van der Waals surface area contributed by atoms with Gasteiger partial charge in [-0.25, -0.2) is 4.79 Å². The Morgan fingerprint density at radius 1 is 1.22 bits per heavy atom. The topological polar surface area (TPSA) is 134 Å². The van der Waals surface area contributed by atoms with E-state index >= 15 is 0 Å². The molecule has 1 aromatic carbocycles. The molecule has 0 saturated heterocycles. The van der Waals surface area contributed by atoms with Crippen LogP contribution in [0.1, 0.15) is 35.7 Å². The maximum atomic E-state index is 12.2. The van der Waals surface area contributed by atoms with Crippen LogP contribution in [-0.2, 0) is 10.2 Å². The third-order valence-electron chi connectivity index (χ3n) is 3.87. The lowest BCUT2D eigenvalue weighted by Crippen LogP contribution is -2.29. The van der Waals surface area contributed by atoms with Gasteiger partial charge in [0.25, 0.3) is 5.91 Å². The second kappa shape index (κ2) is 7.71. The second-order valence-corrected chi connectivity index (χ2v) is 9.27. The van der Waals surface area contributed by atoms with Gasteiger partial charge in [0.1, 0.15) is 5.00 Å². The molecule has 27 heavy (non-hydrogen) atoms. The van der Waals surface area contributed by atoms with Crippen molar-refractivity contribution in [2.45, 2.75) is 19.8 Å². The van der Waals surface area contributed by atoms with Gasteiger partial charge in [-0.15, -0.1) is 11.3 Å². The Morgan fingerprint density at radius 3 is 2.33 bits per heavy atom. The van der Waals surface area contributed by atoms with E-state index in [1.165, 1.54) is 32.5 Å². The van der Waals surface area contributed by atoms with Crippen molar-refractivity contribution in [1.29, 1.82) is 0 Å². The predicted molar refractivity (Wildman–Crippen MR) is 109 cm³/mol. The van der Waals surface area contributed by atoms with Gasteiger partial charge in [0.05, 0.1) is 11.3 Å². The summed E-state index contributed by atoms with van der Waals surface area (Å²) in [6.45, 7) is 3.91. The predicted octanol–water partition coefficient (Wildman–Crippen LogP) is 2.09. The van der Waals surface area contributed by atoms with Gasteiger partial charge in [0, 0.05) is 31.2 Å². The molecule has 0 radical (unpaired) electrons. The first-order valence-electron chi connectivity index (χ1n) is 8.07. The molecule has 5 N–H and O–H groups in total. The monoisotopic (exact) mass is 413 g/mol. The SMILES string of the molecule is CNC(=O)Nc1sc2c(C(C)C)cc(NS(=O)(=O)N(C)C)cc2c1C(N)=O. The van der Waals surface area contributed by atoms with Crippen LogP contribution >= 0.6 is 11.3 Å². The summed E-state index contributed by atoms with van der Waals surface area (Å²) in [5, 5.41) is 5.83. The minimum Gasteiger partial charge on any atom is -0.365 e. The third kappa shape index (κ3) is 4.31. The molecule has 0 unspecified atom stereocenters. The Kier molecular flexibility index (Phi) is 5.97. The van der Waals surface area contributed by atoms with Gasteiger partial charge >= 0.3 is 16.2 Å². The fraction of sp³-hybridized carbons (Fsp3) is 0.375. The van der Waals surface area contributed by atoms with Gasteiger partial charge < -0.3 is 11.1 Å². The number of thiophene rings is 1. The number of amides is 3. The van der Waals surface area contributed by atoms with Crippen molar-refractivity contribution in [1.82, 2.24) is 9.62 Å². The number of nitrogens with two attached hydrogens (primary N) is 1. The Labute approximate surface area is 162 Å². The van der Waals surface area contributed by atoms with Crippen LogP contribution < -0.4 is 21.1 Å². The highest BCUT2D eigenvalue weighted by molar-refractivity contribution is 7.90. The molecule has 1 aromatic heterocycles. The molecule has 0 saturated carbocycles. The van der Waals surface area contributed by atoms with E-state index in [0.717, 1.165) is 14.6 Å². The number of hydrogen-bond donors (Lipinski definition) is 4. The van der Waals surface area contributed by atoms with Crippen molar-refractivity contribution in [2.24, 2.45) is 5.73 Å². The summed E-state index contributed by atoms with van der Waals surface area (Å²) >= 11 is 1.22. The van der Waals surface area contributed by atoms with Gasteiger partial charge in [-0.05, 0) is 23.6 Å². The van der Waals surface area contributed by atoms with Crippen molar-refractivity contribution in [2.75, 3.05) is 31.2 Å². The standard InChI is InChI=1S/C16H23N5O4S2/c1-8(2)10-6-9(20-27(24,25)21(4)5)7-11-12(14(17)22)15(26-13(10)11)19-16(23)18-3/h6-8,20H,1-5H3,(H2,17,22)(H2,18,19,23). The van der Waals surface area contributed by atoms with Gasteiger partial charge in [-0.2, -0.15) is 12.7 Å². The zero-order chi connectivity index (χ0) is 20.5. The summed E-state index contributed by atoms with van der Waals surface area (Å²) in [4.78, 5) is 23.8. The normalized spacial score (nSPS) is 11.8. The summed E-state index contributed by atoms with van der Waals surface area (Å²) in [5.41, 5.74) is 6.83. The van der Waals surface area contributed by atoms with Gasteiger partial charge in [0.2, 0.25) is 0 Å². The van der Waals surface area contributed by atoms with Crippen LogP contribution in [-0.4, -0.2) is 45.8 Å². The molecule has 148 valence electrons. The summed E-state index contributed by atoms with van der Waals surface area (Å²) in [6, 6.07) is 2.79. The summed E-state index contributed by atoms with van der Waals surface area (Å²) in [7, 11) is 0.561. The van der Waals surface area contributed by atoms with E-state index in [2.05, 4.69) is 15.4 Å². The minimum absolute atomic E-state index is 0.0449. The second-order valence-electron chi connectivity index (χ2n) is 6.36. The average Bonchev–Trinajstić information content (AvgIpc) is 2.90. The molecule has 11 heteroatoms. The molecule has 9 nitrogen and oxygen atoms in total. The van der Waals surface area contributed by atoms with Gasteiger partial charge in [-0.3, -0.25) is 14.8 Å². The van der Waals surface area contributed by atoms with E-state index in [0.29, 0.717) is 16.1 Å². The van der Waals surface area contributed by atoms with Gasteiger partial charge in [-0.1, -0.05) is 13.8 Å². The zero-order valence-electron chi connectivity index (χ0n) is 15.7. The number of fused-ring (bicyclic) bond motifs is 1. The molecule has 0 atom stereocenters. The first kappa shape index (κ1) is 20.9. The maximum absolute atomic E-state index is 12.2. The quantitative estimate of drug-likeness (QED) is 0.577. The number of rotatable bonds is 6. The molecule has 0 bridgehead atoms. The number of benzene rings is 1. The number of nitrogens with zero attached hydrogens (tertiary/aromatic N) is 1. The number of primary amides is 1. The van der Waals surface area contributed by atoms with Crippen molar-refractivity contribution < 1.29 is 18.0 Å². The fourth-order valence-electron chi connectivity index (χ4n) is 2.45. The van der Waals surface area contributed by atoms with Gasteiger partial charge in [0.15, 0.2) is 0 Å². The van der Waals surface area contributed by atoms with Crippen LogP contribution in [0.3, 0.4) is 0 Å². The molecular weight excluding hydrogens is 390 g/mol. The van der Waals surface area contributed by atoms with E-state index in [9.17, 15) is 18.0 Å². The molecule has 3 amide bonds. The number of carbonyl (C=O) groups excluding carboxylic acids is 2. The van der Waals surface area contributed by atoms with Crippen LogP contribution in [0.2, 0.25) is 0 Å². The highest BCUT2D eigenvalue weighted by atomic mass is 32.2. The molecular formula is C16H23N5O4S2. The van der Waals surface area contributed by atoms with Crippen LogP contribution in [0.4, 0.5) is 15.5 Å². The number of urea groups is 1. The molecule has 2 rings (SSSR count). The van der Waals surface area contributed by atoms with E-state index < -0.39 is 22.1 Å². The lowest BCUT2D eigenvalue weighted by atomic mass is 9.99. The van der Waals surface area contributed by atoms with Crippen LogP contribution in [0.5, 0.6) is 0 Å². The average molecular weight is 414 g/mol. The number of carbonyl (C=O) groups is 2. The highest BCUT2D eigenvalue weighted by Crippen LogP contribution is 2.41. The summed E-state index contributed by atoms with van der Waals surface area (Å²) in [6.07, 6.45) is 0. The number of hydrogen-bond acceptors (Lipinski definition) is 5. The fourth-order valence-corrected chi connectivity index (χ4v) is 4.39. The van der Waals surface area contributed by atoms with E-state index in [1.54, 1.807) is 12.1 Å². The Morgan fingerprint density at radius 2 is 1.85 bits per heavy atom. The van der Waals surface area contributed by atoms with Crippen molar-refractivity contribution >= 4 is 54.3 Å². The van der Waals surface area contributed by atoms with Crippen LogP contribution in [0.25, 0.3) is 10.1 Å². The highest BCUT2D eigenvalue weighted by Gasteiger charge is 2.23. The molecule has 0 fully saturated rings. The minimum atomic E-state index is -3.72. The van der Waals surface area contributed by atoms with Crippen LogP contribution in [0, 0.1) is 0 Å². The molecule has 0 aliphatic carbocycles. The molecule has 0 aliphatic rings. The zero-order valence-corrected chi connectivity index (χ0v) is 17.3. The molecule has 2 aromatic rings. The first-order chi connectivity index (χ1) is 12.5. The van der Waals surface area contributed by atoms with E-state index in [1.807, 2.05) is 13.8 Å². The van der Waals surface area contributed by atoms with E-state index in [-0.39, 0.29) is 11.5 Å². The third-order valence-corrected chi connectivity index (χ3v) is 6.49. The number of anilines is 2. The molecule has 1 heterocycles. The largest absolute Gasteiger partial charge is 0.365 e. The summed E-state index contributed by atoms with van der Waals surface area (Å²) < 4.78 is 28.7. The lowest BCUT2D eigenvalue weighted by Gasteiger charge is -2.16. The smallest absolute Gasteiger partial charge is 0.319 e. The Hall–Kier alpha value is -2.37. The van der Waals surface area contributed by atoms with Crippen molar-refractivity contribution in [3.05, 3.63) is 23.3 Å². The maximum Gasteiger partial charge on any atom is 0.319 e. The molecule has 0 aliphatic heterocycles.